The van der Waals surface area contributed by atoms with Crippen LogP contribution in [0, 0.1) is 6.92 Å². The minimum atomic E-state index is -0.862. The summed E-state index contributed by atoms with van der Waals surface area (Å²) in [4.78, 5) is 37.1. The van der Waals surface area contributed by atoms with Gasteiger partial charge in [-0.05, 0) is 45.2 Å². The number of aryl methyl sites for hydroxylation is 1. The van der Waals surface area contributed by atoms with Gasteiger partial charge in [0, 0.05) is 13.0 Å². The second-order valence-electron chi connectivity index (χ2n) is 6.76. The molecule has 0 bridgehead atoms. The van der Waals surface area contributed by atoms with Crippen molar-refractivity contribution in [1.82, 2.24) is 15.5 Å². The summed E-state index contributed by atoms with van der Waals surface area (Å²) in [6.07, 6.45) is 0.718. The topological polar surface area (TPSA) is 78.5 Å². The van der Waals surface area contributed by atoms with Crippen molar-refractivity contribution in [2.24, 2.45) is 0 Å². The number of nitrogens with one attached hydrogen (secondary N) is 2. The van der Waals surface area contributed by atoms with Crippen LogP contribution in [0.4, 0.5) is 4.79 Å². The van der Waals surface area contributed by atoms with Crippen molar-refractivity contribution in [1.29, 1.82) is 0 Å². The van der Waals surface area contributed by atoms with Gasteiger partial charge in [0.1, 0.15) is 5.54 Å². The number of benzene rings is 1. The number of carbonyl (C=O) groups is 3. The average Bonchev–Trinajstić information content (AvgIpc) is 2.69. The zero-order chi connectivity index (χ0) is 17.9. The number of carbonyl (C=O) groups excluding carboxylic acids is 3. The molecule has 1 aromatic carbocycles. The first-order valence-corrected chi connectivity index (χ1v) is 8.21. The molecule has 0 saturated carbocycles. The number of imide groups is 1. The quantitative estimate of drug-likeness (QED) is 0.785. The Balaban J connectivity index is 1.81. The van der Waals surface area contributed by atoms with E-state index in [9.17, 15) is 14.4 Å². The van der Waals surface area contributed by atoms with Crippen LogP contribution in [-0.4, -0.2) is 34.8 Å². The molecule has 0 aliphatic carbocycles. The molecule has 2 rings (SSSR count). The van der Waals surface area contributed by atoms with Gasteiger partial charge in [-0.3, -0.25) is 14.5 Å². The highest BCUT2D eigenvalue weighted by Crippen LogP contribution is 2.18. The van der Waals surface area contributed by atoms with E-state index in [-0.39, 0.29) is 30.8 Å². The maximum Gasteiger partial charge on any atom is 0.325 e. The summed E-state index contributed by atoms with van der Waals surface area (Å²) in [7, 11) is 0. The molecule has 6 heteroatoms. The molecule has 1 aliphatic heterocycles. The number of hydrogen-bond donors (Lipinski definition) is 2. The van der Waals surface area contributed by atoms with E-state index < -0.39 is 11.6 Å². The van der Waals surface area contributed by atoms with Crippen LogP contribution in [0.25, 0.3) is 0 Å². The molecular formula is C18H25N3O3. The summed E-state index contributed by atoms with van der Waals surface area (Å²) < 4.78 is 0. The summed E-state index contributed by atoms with van der Waals surface area (Å²) >= 11 is 0. The Kier molecular flexibility index (Phi) is 5.26. The maximum atomic E-state index is 12.1. The summed E-state index contributed by atoms with van der Waals surface area (Å²) in [5.74, 6) is -0.335. The van der Waals surface area contributed by atoms with Crippen molar-refractivity contribution < 1.29 is 14.4 Å². The van der Waals surface area contributed by atoms with Crippen LogP contribution >= 0.6 is 0 Å². The third kappa shape index (κ3) is 3.93. The standard InChI is InChI=1S/C18H25N3O3/c1-12-8-5-6-9-14(12)13(2)19-15(22)10-7-11-21-16(23)18(3,4)20-17(21)24/h5-6,8-9,13H,7,10-11H2,1-4H3,(H,19,22)(H,20,24). The van der Waals surface area contributed by atoms with E-state index in [1.807, 2.05) is 38.1 Å². The SMILES string of the molecule is Cc1ccccc1C(C)NC(=O)CCCN1C(=O)NC(C)(C)C1=O. The van der Waals surface area contributed by atoms with Crippen molar-refractivity contribution in [2.75, 3.05) is 6.54 Å². The van der Waals surface area contributed by atoms with Gasteiger partial charge in [0.2, 0.25) is 5.91 Å². The molecule has 0 aromatic heterocycles. The number of urea groups is 1. The van der Waals surface area contributed by atoms with E-state index in [2.05, 4.69) is 10.6 Å². The fourth-order valence-corrected chi connectivity index (χ4v) is 2.88. The molecule has 1 saturated heterocycles. The molecule has 1 fully saturated rings. The van der Waals surface area contributed by atoms with E-state index >= 15 is 0 Å². The molecule has 0 radical (unpaired) electrons. The van der Waals surface area contributed by atoms with Crippen LogP contribution < -0.4 is 10.6 Å². The molecule has 0 spiro atoms. The van der Waals surface area contributed by atoms with Gasteiger partial charge in [0.15, 0.2) is 0 Å². The molecule has 4 amide bonds. The minimum absolute atomic E-state index is 0.0747. The summed E-state index contributed by atoms with van der Waals surface area (Å²) in [6.45, 7) is 7.55. The van der Waals surface area contributed by atoms with E-state index in [0.717, 1.165) is 11.1 Å². The maximum absolute atomic E-state index is 12.1. The van der Waals surface area contributed by atoms with Crippen LogP contribution in [0.2, 0.25) is 0 Å². The highest BCUT2D eigenvalue weighted by atomic mass is 16.2. The minimum Gasteiger partial charge on any atom is -0.350 e. The zero-order valence-electron chi connectivity index (χ0n) is 14.7. The van der Waals surface area contributed by atoms with E-state index in [0.29, 0.717) is 6.42 Å². The molecule has 1 aliphatic rings. The van der Waals surface area contributed by atoms with E-state index in [1.54, 1.807) is 13.8 Å². The van der Waals surface area contributed by atoms with Crippen LogP contribution in [0.5, 0.6) is 0 Å². The normalized spacial score (nSPS) is 17.6. The molecule has 1 atom stereocenters. The summed E-state index contributed by atoms with van der Waals surface area (Å²) in [5.41, 5.74) is 1.35. The van der Waals surface area contributed by atoms with Crippen molar-refractivity contribution >= 4 is 17.8 Å². The zero-order valence-corrected chi connectivity index (χ0v) is 14.7. The molecule has 1 heterocycles. The van der Waals surface area contributed by atoms with Crippen molar-refractivity contribution in [3.63, 3.8) is 0 Å². The molecular weight excluding hydrogens is 306 g/mol. The lowest BCUT2D eigenvalue weighted by atomic mass is 10.0. The van der Waals surface area contributed by atoms with Crippen LogP contribution in [0.3, 0.4) is 0 Å². The fourth-order valence-electron chi connectivity index (χ4n) is 2.88. The van der Waals surface area contributed by atoms with Crippen LogP contribution in [-0.2, 0) is 9.59 Å². The highest BCUT2D eigenvalue weighted by molar-refractivity contribution is 6.06. The lowest BCUT2D eigenvalue weighted by molar-refractivity contribution is -0.130. The van der Waals surface area contributed by atoms with Gasteiger partial charge in [-0.25, -0.2) is 4.79 Å². The van der Waals surface area contributed by atoms with E-state index in [4.69, 9.17) is 0 Å². The first-order valence-electron chi connectivity index (χ1n) is 8.21. The van der Waals surface area contributed by atoms with Gasteiger partial charge in [-0.15, -0.1) is 0 Å². The van der Waals surface area contributed by atoms with Crippen LogP contribution in [0.15, 0.2) is 24.3 Å². The predicted octanol–water partition coefficient (Wildman–Crippen LogP) is 2.28. The lowest BCUT2D eigenvalue weighted by Crippen LogP contribution is -2.40. The van der Waals surface area contributed by atoms with Gasteiger partial charge in [-0.1, -0.05) is 24.3 Å². The number of rotatable bonds is 6. The number of amides is 4. The Bertz CT molecular complexity index is 655. The Hall–Kier alpha value is -2.37. The first kappa shape index (κ1) is 18.0. The van der Waals surface area contributed by atoms with Crippen molar-refractivity contribution in [3.05, 3.63) is 35.4 Å². The van der Waals surface area contributed by atoms with Gasteiger partial charge in [-0.2, -0.15) is 0 Å². The highest BCUT2D eigenvalue weighted by Gasteiger charge is 2.43. The Labute approximate surface area is 142 Å². The van der Waals surface area contributed by atoms with Crippen LogP contribution in [0.1, 0.15) is 50.8 Å². The molecule has 130 valence electrons. The second-order valence-corrected chi connectivity index (χ2v) is 6.76. The molecule has 24 heavy (non-hydrogen) atoms. The molecule has 1 aromatic rings. The predicted molar refractivity (Wildman–Crippen MR) is 91.3 cm³/mol. The lowest BCUT2D eigenvalue weighted by Gasteiger charge is -2.18. The summed E-state index contributed by atoms with van der Waals surface area (Å²) in [5, 5.41) is 5.59. The monoisotopic (exact) mass is 331 g/mol. The van der Waals surface area contributed by atoms with E-state index in [1.165, 1.54) is 4.90 Å². The molecule has 2 N–H and O–H groups in total. The average molecular weight is 331 g/mol. The number of hydrogen-bond acceptors (Lipinski definition) is 3. The first-order chi connectivity index (χ1) is 11.2. The van der Waals surface area contributed by atoms with Crippen molar-refractivity contribution in [3.8, 4) is 0 Å². The van der Waals surface area contributed by atoms with Gasteiger partial charge < -0.3 is 10.6 Å². The Morgan fingerprint density at radius 3 is 2.54 bits per heavy atom. The smallest absolute Gasteiger partial charge is 0.325 e. The van der Waals surface area contributed by atoms with Gasteiger partial charge in [0.05, 0.1) is 6.04 Å². The Morgan fingerprint density at radius 2 is 1.96 bits per heavy atom. The van der Waals surface area contributed by atoms with Gasteiger partial charge in [0.25, 0.3) is 5.91 Å². The summed E-state index contributed by atoms with van der Waals surface area (Å²) in [6, 6.07) is 7.46. The third-order valence-electron chi connectivity index (χ3n) is 4.26. The largest absolute Gasteiger partial charge is 0.350 e. The second kappa shape index (κ2) is 7.03. The number of nitrogens with zero attached hydrogens (tertiary/aromatic N) is 1. The molecule has 6 nitrogen and oxygen atoms in total. The third-order valence-corrected chi connectivity index (χ3v) is 4.26. The fraction of sp³-hybridized carbons (Fsp3) is 0.500. The van der Waals surface area contributed by atoms with Crippen molar-refractivity contribution in [2.45, 2.75) is 52.1 Å². The van der Waals surface area contributed by atoms with Gasteiger partial charge >= 0.3 is 6.03 Å². The molecule has 1 unspecified atom stereocenters. The Morgan fingerprint density at radius 1 is 1.29 bits per heavy atom.